The van der Waals surface area contributed by atoms with E-state index in [1.807, 2.05) is 52.0 Å². The van der Waals surface area contributed by atoms with Crippen LogP contribution < -0.4 is 10.2 Å². The van der Waals surface area contributed by atoms with Crippen LogP contribution in [0.15, 0.2) is 55.0 Å². The second-order valence-electron chi connectivity index (χ2n) is 10.6. The van der Waals surface area contributed by atoms with Gasteiger partial charge in [0.15, 0.2) is 5.82 Å². The maximum Gasteiger partial charge on any atom is 0.255 e. The van der Waals surface area contributed by atoms with Crippen molar-refractivity contribution in [2.24, 2.45) is 5.92 Å². The second-order valence-corrected chi connectivity index (χ2v) is 10.6. The molecular weight excluding hydrogens is 478 g/mol. The number of nitrogens with one attached hydrogen (secondary N) is 1. The van der Waals surface area contributed by atoms with Gasteiger partial charge in [0.05, 0.1) is 28.9 Å². The highest BCUT2D eigenvalue weighted by Crippen LogP contribution is 2.31. The normalized spacial score (nSPS) is 15.7. The molecule has 4 aromatic rings. The Kier molecular flexibility index (Phi) is 6.59. The summed E-state index contributed by atoms with van der Waals surface area (Å²) in [4.78, 5) is 24.3. The number of fused-ring (bicyclic) bond motifs is 1. The lowest BCUT2D eigenvalue weighted by Gasteiger charge is -2.25. The van der Waals surface area contributed by atoms with Crippen molar-refractivity contribution < 1.29 is 9.90 Å². The number of hydrogen-bond donors (Lipinski definition) is 2. The molecule has 9 nitrogen and oxygen atoms in total. The van der Waals surface area contributed by atoms with E-state index in [-0.39, 0.29) is 17.7 Å². The van der Waals surface area contributed by atoms with Gasteiger partial charge in [-0.3, -0.25) is 4.79 Å². The van der Waals surface area contributed by atoms with Crippen molar-refractivity contribution in [3.8, 4) is 11.9 Å². The number of nitriles is 1. The number of anilines is 2. The van der Waals surface area contributed by atoms with Crippen LogP contribution in [0.3, 0.4) is 0 Å². The zero-order valence-corrected chi connectivity index (χ0v) is 22.0. The number of carbonyl (C=O) groups is 1. The lowest BCUT2D eigenvalue weighted by molar-refractivity contribution is 0.0263. The molecule has 5 rings (SSSR count). The minimum absolute atomic E-state index is 0.0248. The van der Waals surface area contributed by atoms with Crippen LogP contribution in [-0.2, 0) is 0 Å². The molecule has 0 aliphatic carbocycles. The molecule has 1 aliphatic heterocycles. The summed E-state index contributed by atoms with van der Waals surface area (Å²) in [5.41, 5.74) is 2.40. The molecular formula is C29H31N7O2. The Hall–Kier alpha value is -4.29. The molecule has 1 amide bonds. The highest BCUT2D eigenvalue weighted by atomic mass is 16.3. The van der Waals surface area contributed by atoms with Crippen molar-refractivity contribution in [3.63, 3.8) is 0 Å². The molecule has 1 atom stereocenters. The summed E-state index contributed by atoms with van der Waals surface area (Å²) in [6, 6.07) is 14.9. The summed E-state index contributed by atoms with van der Waals surface area (Å²) in [5, 5.41) is 28.4. The average Bonchev–Trinajstić information content (AvgIpc) is 3.56. The minimum atomic E-state index is -0.741. The Balaban J connectivity index is 1.43. The van der Waals surface area contributed by atoms with Gasteiger partial charge in [0.25, 0.3) is 5.91 Å². The fraction of sp³-hybridized carbons (Fsp3) is 0.345. The van der Waals surface area contributed by atoms with Gasteiger partial charge < -0.3 is 15.3 Å². The monoisotopic (exact) mass is 509 g/mol. The molecule has 3 heterocycles. The van der Waals surface area contributed by atoms with Crippen LogP contribution in [0.1, 0.15) is 61.5 Å². The molecule has 9 heteroatoms. The van der Waals surface area contributed by atoms with Gasteiger partial charge in [-0.15, -0.1) is 0 Å². The molecule has 0 radical (unpaired) electrons. The molecule has 38 heavy (non-hydrogen) atoms. The number of nitrogens with zero attached hydrogens (tertiary/aromatic N) is 6. The molecule has 1 fully saturated rings. The fourth-order valence-electron chi connectivity index (χ4n) is 5.13. The lowest BCUT2D eigenvalue weighted by Crippen LogP contribution is -2.33. The topological polar surface area (TPSA) is 120 Å². The summed E-state index contributed by atoms with van der Waals surface area (Å²) in [5.74, 6) is 1.33. The van der Waals surface area contributed by atoms with Gasteiger partial charge in [0.1, 0.15) is 12.1 Å². The summed E-state index contributed by atoms with van der Waals surface area (Å²) in [6.45, 7) is 9.18. The zero-order valence-electron chi connectivity index (χ0n) is 22.0. The van der Waals surface area contributed by atoms with Gasteiger partial charge in [-0.25, -0.2) is 14.6 Å². The highest BCUT2D eigenvalue weighted by molar-refractivity contribution is 6.06. The number of aliphatic hydroxyl groups is 1. The maximum absolute atomic E-state index is 13.2. The highest BCUT2D eigenvalue weighted by Gasteiger charge is 2.34. The van der Waals surface area contributed by atoms with E-state index in [1.165, 1.54) is 6.33 Å². The van der Waals surface area contributed by atoms with Crippen LogP contribution in [0.5, 0.6) is 0 Å². The number of carbonyl (C=O) groups excluding carboxylic acids is 1. The minimum Gasteiger partial charge on any atom is -0.390 e. The first kappa shape index (κ1) is 25.4. The third-order valence-electron chi connectivity index (χ3n) is 7.24. The van der Waals surface area contributed by atoms with Gasteiger partial charge in [0, 0.05) is 41.7 Å². The SMILES string of the molecule is CC(C)c1c(C#N)cccc1C(=O)Nc1ccc2cnn(-c3cc(N4CCC(C(C)(C)O)C4)ncn3)c2c1. The number of amides is 1. The van der Waals surface area contributed by atoms with Crippen molar-refractivity contribution in [3.05, 3.63) is 71.7 Å². The number of hydrogen-bond acceptors (Lipinski definition) is 7. The van der Waals surface area contributed by atoms with Gasteiger partial charge in [-0.05, 0) is 62.1 Å². The van der Waals surface area contributed by atoms with Crippen LogP contribution in [-0.4, -0.2) is 49.5 Å². The van der Waals surface area contributed by atoms with E-state index in [0.29, 0.717) is 22.6 Å². The Morgan fingerprint density at radius 3 is 2.68 bits per heavy atom. The van der Waals surface area contributed by atoms with Crippen LogP contribution in [0.25, 0.3) is 16.7 Å². The maximum atomic E-state index is 13.2. The third-order valence-corrected chi connectivity index (χ3v) is 7.24. The molecule has 2 N–H and O–H groups in total. The standard InChI is InChI=1S/C29H31N7O2/c1-18(2)27-19(14-30)6-5-7-23(27)28(37)34-22-9-8-20-15-33-36(24(20)12-22)26-13-25(31-17-32-26)35-11-10-21(16-35)29(3,4)38/h5-9,12-13,15,17-18,21,38H,10-11,16H2,1-4H3,(H,34,37). The molecule has 0 saturated carbocycles. The largest absolute Gasteiger partial charge is 0.390 e. The molecule has 1 saturated heterocycles. The van der Waals surface area contributed by atoms with Gasteiger partial charge in [-0.1, -0.05) is 19.9 Å². The Morgan fingerprint density at radius 2 is 1.97 bits per heavy atom. The van der Waals surface area contributed by atoms with Gasteiger partial charge in [-0.2, -0.15) is 10.4 Å². The van der Waals surface area contributed by atoms with Crippen LogP contribution >= 0.6 is 0 Å². The molecule has 0 bridgehead atoms. The van der Waals surface area contributed by atoms with E-state index in [0.717, 1.165) is 41.8 Å². The van der Waals surface area contributed by atoms with Crippen LogP contribution in [0.2, 0.25) is 0 Å². The predicted octanol–water partition coefficient (Wildman–Crippen LogP) is 4.66. The van der Waals surface area contributed by atoms with Crippen LogP contribution in [0, 0.1) is 17.2 Å². The van der Waals surface area contributed by atoms with E-state index in [9.17, 15) is 15.2 Å². The summed E-state index contributed by atoms with van der Waals surface area (Å²) >= 11 is 0. The quantitative estimate of drug-likeness (QED) is 0.388. The summed E-state index contributed by atoms with van der Waals surface area (Å²) < 4.78 is 1.73. The average molecular weight is 510 g/mol. The van der Waals surface area contributed by atoms with Gasteiger partial charge >= 0.3 is 0 Å². The number of aromatic nitrogens is 4. The van der Waals surface area contributed by atoms with Crippen molar-refractivity contribution in [1.29, 1.82) is 5.26 Å². The molecule has 2 aromatic heterocycles. The molecule has 0 spiro atoms. The first-order valence-corrected chi connectivity index (χ1v) is 12.8. The first-order valence-electron chi connectivity index (χ1n) is 12.8. The van der Waals surface area contributed by atoms with Crippen molar-refractivity contribution in [2.45, 2.75) is 45.6 Å². The van der Waals surface area contributed by atoms with E-state index in [2.05, 4.69) is 31.4 Å². The van der Waals surface area contributed by atoms with E-state index < -0.39 is 5.60 Å². The summed E-state index contributed by atoms with van der Waals surface area (Å²) in [7, 11) is 0. The second kappa shape index (κ2) is 9.88. The fourth-order valence-corrected chi connectivity index (χ4v) is 5.13. The first-order chi connectivity index (χ1) is 18.2. The lowest BCUT2D eigenvalue weighted by atomic mass is 9.90. The molecule has 194 valence electrons. The van der Waals surface area contributed by atoms with Gasteiger partial charge in [0.2, 0.25) is 0 Å². The van der Waals surface area contributed by atoms with E-state index >= 15 is 0 Å². The van der Waals surface area contributed by atoms with Crippen LogP contribution in [0.4, 0.5) is 11.5 Å². The third kappa shape index (κ3) is 4.83. The number of rotatable bonds is 6. The molecule has 2 aromatic carbocycles. The Labute approximate surface area is 221 Å². The smallest absolute Gasteiger partial charge is 0.255 e. The summed E-state index contributed by atoms with van der Waals surface area (Å²) in [6.07, 6.45) is 4.18. The van der Waals surface area contributed by atoms with Crippen molar-refractivity contribution in [1.82, 2.24) is 19.7 Å². The van der Waals surface area contributed by atoms with E-state index in [4.69, 9.17) is 0 Å². The Bertz CT molecular complexity index is 1540. The van der Waals surface area contributed by atoms with E-state index in [1.54, 1.807) is 29.1 Å². The predicted molar refractivity (Wildman–Crippen MR) is 146 cm³/mol. The molecule has 1 aliphatic rings. The zero-order chi connectivity index (χ0) is 27.0. The van der Waals surface area contributed by atoms with Crippen molar-refractivity contribution >= 4 is 28.3 Å². The number of benzene rings is 2. The van der Waals surface area contributed by atoms with Crippen molar-refractivity contribution in [2.75, 3.05) is 23.3 Å². The Morgan fingerprint density at radius 1 is 1.18 bits per heavy atom. The molecule has 1 unspecified atom stereocenters.